The van der Waals surface area contributed by atoms with E-state index in [2.05, 4.69) is 5.32 Å². The van der Waals surface area contributed by atoms with Gasteiger partial charge in [-0.2, -0.15) is 0 Å². The van der Waals surface area contributed by atoms with Gasteiger partial charge in [0.25, 0.3) is 0 Å². The molecule has 0 aromatic heterocycles. The lowest BCUT2D eigenvalue weighted by Crippen LogP contribution is -2.18. The maximum absolute atomic E-state index is 12.9. The summed E-state index contributed by atoms with van der Waals surface area (Å²) in [5.74, 6) is 2.03. The summed E-state index contributed by atoms with van der Waals surface area (Å²) >= 11 is 0. The van der Waals surface area contributed by atoms with Crippen molar-refractivity contribution in [2.24, 2.45) is 0 Å². The van der Waals surface area contributed by atoms with Crippen LogP contribution in [0.15, 0.2) is 72.8 Å². The fraction of sp³-hybridized carbons (Fsp3) is 0.208. The molecule has 1 heterocycles. The Labute approximate surface area is 170 Å². The Balaban J connectivity index is 1.53. The molecule has 5 heteroatoms. The summed E-state index contributed by atoms with van der Waals surface area (Å²) in [5, 5.41) is 2.99. The fourth-order valence-electron chi connectivity index (χ4n) is 3.47. The number of carbonyl (C=O) groups is 1. The minimum atomic E-state index is -0.0636. The Bertz CT molecular complexity index is 970. The summed E-state index contributed by atoms with van der Waals surface area (Å²) in [6.45, 7) is 1.05. The van der Waals surface area contributed by atoms with Gasteiger partial charge in [-0.3, -0.25) is 4.79 Å². The molecule has 1 aliphatic heterocycles. The molecule has 0 aliphatic carbocycles. The topological polar surface area (TPSA) is 56.8 Å². The third-order valence-electron chi connectivity index (χ3n) is 4.94. The molecule has 0 fully saturated rings. The van der Waals surface area contributed by atoms with Crippen LogP contribution in [0.3, 0.4) is 0 Å². The van der Waals surface area contributed by atoms with Crippen molar-refractivity contribution in [3.63, 3.8) is 0 Å². The summed E-state index contributed by atoms with van der Waals surface area (Å²) in [6, 6.07) is 23.4. The monoisotopic (exact) mass is 389 g/mol. The first-order chi connectivity index (χ1) is 14.2. The summed E-state index contributed by atoms with van der Waals surface area (Å²) in [4.78, 5) is 12.9. The van der Waals surface area contributed by atoms with Gasteiger partial charge in [-0.1, -0.05) is 42.5 Å². The summed E-state index contributed by atoms with van der Waals surface area (Å²) in [5.41, 5.74) is 2.85. The van der Waals surface area contributed by atoms with E-state index in [1.807, 2.05) is 66.7 Å². The minimum absolute atomic E-state index is 0.0562. The van der Waals surface area contributed by atoms with Crippen LogP contribution in [0, 0.1) is 0 Å². The fourth-order valence-corrected chi connectivity index (χ4v) is 3.47. The van der Waals surface area contributed by atoms with Crippen molar-refractivity contribution in [3.8, 4) is 17.2 Å². The van der Waals surface area contributed by atoms with E-state index in [-0.39, 0.29) is 11.8 Å². The molecule has 0 saturated heterocycles. The Morgan fingerprint density at radius 2 is 1.62 bits per heavy atom. The van der Waals surface area contributed by atoms with Crippen molar-refractivity contribution in [1.29, 1.82) is 0 Å². The maximum atomic E-state index is 12.9. The van der Waals surface area contributed by atoms with Crippen LogP contribution in [0.4, 0.5) is 5.69 Å². The molecule has 1 aliphatic rings. The average molecular weight is 389 g/mol. The number of hydrogen-bond donors (Lipinski definition) is 1. The third kappa shape index (κ3) is 4.51. The van der Waals surface area contributed by atoms with Crippen molar-refractivity contribution in [1.82, 2.24) is 0 Å². The molecule has 3 aromatic carbocycles. The predicted molar refractivity (Wildman–Crippen MR) is 112 cm³/mol. The number of methoxy groups -OCH3 is 1. The van der Waals surface area contributed by atoms with Crippen molar-refractivity contribution in [2.45, 2.75) is 12.3 Å². The summed E-state index contributed by atoms with van der Waals surface area (Å²) in [7, 11) is 1.64. The molecule has 3 aromatic rings. The van der Waals surface area contributed by atoms with Gasteiger partial charge in [-0.15, -0.1) is 0 Å². The summed E-state index contributed by atoms with van der Waals surface area (Å²) in [6.07, 6.45) is 0.324. The van der Waals surface area contributed by atoms with Crippen molar-refractivity contribution >= 4 is 11.6 Å². The van der Waals surface area contributed by atoms with Gasteiger partial charge in [0.15, 0.2) is 11.5 Å². The Morgan fingerprint density at radius 3 is 2.34 bits per heavy atom. The number of ether oxygens (including phenoxy) is 3. The number of fused-ring (bicyclic) bond motifs is 1. The van der Waals surface area contributed by atoms with Crippen molar-refractivity contribution in [2.75, 3.05) is 25.6 Å². The maximum Gasteiger partial charge on any atom is 0.225 e. The predicted octanol–water partition coefficient (Wildman–Crippen LogP) is 4.63. The highest BCUT2D eigenvalue weighted by Gasteiger charge is 2.19. The first-order valence-electron chi connectivity index (χ1n) is 9.61. The van der Waals surface area contributed by atoms with Crippen LogP contribution in [0.2, 0.25) is 0 Å². The number of benzene rings is 3. The molecule has 1 atom stereocenters. The van der Waals surface area contributed by atoms with E-state index < -0.39 is 0 Å². The van der Waals surface area contributed by atoms with Crippen molar-refractivity contribution in [3.05, 3.63) is 83.9 Å². The van der Waals surface area contributed by atoms with Crippen LogP contribution in [-0.4, -0.2) is 26.2 Å². The Kier molecular flexibility index (Phi) is 5.66. The van der Waals surface area contributed by atoms with E-state index in [4.69, 9.17) is 14.2 Å². The van der Waals surface area contributed by atoms with Gasteiger partial charge in [-0.25, -0.2) is 0 Å². The number of carbonyl (C=O) groups excluding carboxylic acids is 1. The van der Waals surface area contributed by atoms with Gasteiger partial charge in [0.2, 0.25) is 5.91 Å². The Morgan fingerprint density at radius 1 is 0.931 bits per heavy atom. The quantitative estimate of drug-likeness (QED) is 0.668. The molecular formula is C24H23NO4. The lowest BCUT2D eigenvalue weighted by Gasteiger charge is -2.20. The normalized spacial score (nSPS) is 13.4. The number of anilines is 1. The van der Waals surface area contributed by atoms with E-state index >= 15 is 0 Å². The standard InChI is InChI=1S/C24H23NO4/c1-27-20-10-7-18(8-11-20)21(17-5-3-2-4-6-17)16-24(26)25-19-9-12-22-23(15-19)29-14-13-28-22/h2-12,15,21H,13-14,16H2,1H3,(H,25,26)/t21-/m1/s1. The zero-order valence-electron chi connectivity index (χ0n) is 16.3. The SMILES string of the molecule is COc1ccc([C@H](CC(=O)Nc2ccc3c(c2)OCCO3)c2ccccc2)cc1. The van der Waals surface area contributed by atoms with E-state index in [0.717, 1.165) is 16.9 Å². The second-order valence-electron chi connectivity index (χ2n) is 6.85. The van der Waals surface area contributed by atoms with Crippen LogP contribution >= 0.6 is 0 Å². The highest BCUT2D eigenvalue weighted by Crippen LogP contribution is 2.33. The van der Waals surface area contributed by atoms with Gasteiger partial charge in [0.05, 0.1) is 7.11 Å². The van der Waals surface area contributed by atoms with Crippen LogP contribution in [0.5, 0.6) is 17.2 Å². The van der Waals surface area contributed by atoms with Gasteiger partial charge >= 0.3 is 0 Å². The molecule has 0 bridgehead atoms. The van der Waals surface area contributed by atoms with Gasteiger partial charge < -0.3 is 19.5 Å². The molecule has 1 amide bonds. The highest BCUT2D eigenvalue weighted by molar-refractivity contribution is 5.92. The first kappa shape index (κ1) is 18.9. The molecule has 0 saturated carbocycles. The molecule has 0 spiro atoms. The number of rotatable bonds is 6. The van der Waals surface area contributed by atoms with Crippen LogP contribution in [0.25, 0.3) is 0 Å². The van der Waals surface area contributed by atoms with Crippen LogP contribution in [0.1, 0.15) is 23.5 Å². The number of amides is 1. The molecular weight excluding hydrogens is 366 g/mol. The molecule has 148 valence electrons. The average Bonchev–Trinajstić information content (AvgIpc) is 2.78. The largest absolute Gasteiger partial charge is 0.497 e. The van der Waals surface area contributed by atoms with E-state index in [1.54, 1.807) is 13.2 Å². The zero-order valence-corrected chi connectivity index (χ0v) is 16.3. The molecule has 29 heavy (non-hydrogen) atoms. The number of nitrogens with one attached hydrogen (secondary N) is 1. The second kappa shape index (κ2) is 8.69. The van der Waals surface area contributed by atoms with Gasteiger partial charge in [-0.05, 0) is 35.4 Å². The zero-order chi connectivity index (χ0) is 20.1. The summed E-state index contributed by atoms with van der Waals surface area (Å²) < 4.78 is 16.4. The number of hydrogen-bond acceptors (Lipinski definition) is 4. The van der Waals surface area contributed by atoms with Crippen molar-refractivity contribution < 1.29 is 19.0 Å². The smallest absolute Gasteiger partial charge is 0.225 e. The Hall–Kier alpha value is -3.47. The van der Waals surface area contributed by atoms with Crippen LogP contribution in [-0.2, 0) is 4.79 Å². The molecule has 0 radical (unpaired) electrons. The highest BCUT2D eigenvalue weighted by atomic mass is 16.6. The van der Waals surface area contributed by atoms with E-state index in [0.29, 0.717) is 36.8 Å². The van der Waals surface area contributed by atoms with Crippen LogP contribution < -0.4 is 19.5 Å². The third-order valence-corrected chi connectivity index (χ3v) is 4.94. The molecule has 0 unspecified atom stereocenters. The van der Waals surface area contributed by atoms with E-state index in [9.17, 15) is 4.79 Å². The van der Waals surface area contributed by atoms with E-state index in [1.165, 1.54) is 0 Å². The molecule has 5 nitrogen and oxygen atoms in total. The molecule has 4 rings (SSSR count). The van der Waals surface area contributed by atoms with Gasteiger partial charge in [0, 0.05) is 24.1 Å². The minimum Gasteiger partial charge on any atom is -0.497 e. The lowest BCUT2D eigenvalue weighted by molar-refractivity contribution is -0.116. The molecule has 1 N–H and O–H groups in total. The second-order valence-corrected chi connectivity index (χ2v) is 6.85. The van der Waals surface area contributed by atoms with Gasteiger partial charge in [0.1, 0.15) is 19.0 Å². The lowest BCUT2D eigenvalue weighted by atomic mass is 9.88. The first-order valence-corrected chi connectivity index (χ1v) is 9.61.